The van der Waals surface area contributed by atoms with Crippen molar-refractivity contribution in [2.45, 2.75) is 13.1 Å². The topological polar surface area (TPSA) is 50.1 Å². The highest BCUT2D eigenvalue weighted by Gasteiger charge is 2.32. The molecule has 0 aliphatic carbocycles. The number of thiocarbonyl (C=S) groups is 1. The van der Waals surface area contributed by atoms with E-state index in [0.717, 1.165) is 6.07 Å². The Morgan fingerprint density at radius 2 is 2.00 bits per heavy atom. The second kappa shape index (κ2) is 4.67. The Kier molecular flexibility index (Phi) is 3.71. The standard InChI is InChI=1S/C9H10F3N3S/c1-5-6(9(10,11)12)3-2-4-7(5)14-8(16)15-13/h2-4H,13H2,1H3,(H2,14,15,16). The number of rotatable bonds is 1. The van der Waals surface area contributed by atoms with Crippen LogP contribution in [-0.4, -0.2) is 5.11 Å². The van der Waals surface area contributed by atoms with Gasteiger partial charge in [0.1, 0.15) is 0 Å². The number of halogens is 3. The second-order valence-electron chi connectivity index (χ2n) is 3.07. The predicted octanol–water partition coefficient (Wildman–Crippen LogP) is 2.17. The van der Waals surface area contributed by atoms with Crippen molar-refractivity contribution in [1.82, 2.24) is 5.43 Å². The molecule has 0 aromatic heterocycles. The summed E-state index contributed by atoms with van der Waals surface area (Å²) >= 11 is 4.71. The van der Waals surface area contributed by atoms with Gasteiger partial charge in [-0.25, -0.2) is 5.84 Å². The molecular formula is C9H10F3N3S. The molecule has 16 heavy (non-hydrogen) atoms. The van der Waals surface area contributed by atoms with Crippen LogP contribution in [0, 0.1) is 6.92 Å². The van der Waals surface area contributed by atoms with Gasteiger partial charge in [-0.2, -0.15) is 13.2 Å². The molecule has 0 amide bonds. The maximum Gasteiger partial charge on any atom is 0.416 e. The number of hydrazine groups is 1. The molecule has 0 bridgehead atoms. The van der Waals surface area contributed by atoms with Crippen molar-refractivity contribution in [2.75, 3.05) is 5.32 Å². The van der Waals surface area contributed by atoms with Gasteiger partial charge in [-0.05, 0) is 36.8 Å². The lowest BCUT2D eigenvalue weighted by molar-refractivity contribution is -0.138. The van der Waals surface area contributed by atoms with E-state index >= 15 is 0 Å². The molecule has 1 aromatic carbocycles. The van der Waals surface area contributed by atoms with Gasteiger partial charge in [0.05, 0.1) is 5.56 Å². The van der Waals surface area contributed by atoms with Gasteiger partial charge in [0, 0.05) is 5.69 Å². The molecule has 7 heteroatoms. The van der Waals surface area contributed by atoms with Crippen molar-refractivity contribution in [3.05, 3.63) is 29.3 Å². The lowest BCUT2D eigenvalue weighted by atomic mass is 10.1. The van der Waals surface area contributed by atoms with Crippen molar-refractivity contribution in [3.8, 4) is 0 Å². The molecular weight excluding hydrogens is 239 g/mol. The molecule has 1 rings (SSSR count). The third kappa shape index (κ3) is 2.83. The molecule has 0 fully saturated rings. The second-order valence-corrected chi connectivity index (χ2v) is 3.48. The van der Waals surface area contributed by atoms with E-state index in [2.05, 4.69) is 10.7 Å². The Morgan fingerprint density at radius 3 is 2.50 bits per heavy atom. The third-order valence-electron chi connectivity index (χ3n) is 2.02. The molecule has 0 saturated carbocycles. The number of nitrogens with two attached hydrogens (primary N) is 1. The van der Waals surface area contributed by atoms with Gasteiger partial charge in [-0.1, -0.05) is 6.07 Å². The highest BCUT2D eigenvalue weighted by Crippen LogP contribution is 2.34. The Hall–Kier alpha value is -1.34. The first-order chi connectivity index (χ1) is 7.36. The molecule has 88 valence electrons. The third-order valence-corrected chi connectivity index (χ3v) is 2.24. The SMILES string of the molecule is Cc1c(NC(=S)NN)cccc1C(F)(F)F. The summed E-state index contributed by atoms with van der Waals surface area (Å²) in [6, 6.07) is 3.81. The number of nitrogens with one attached hydrogen (secondary N) is 2. The summed E-state index contributed by atoms with van der Waals surface area (Å²) in [6.07, 6.45) is -4.38. The molecule has 0 aliphatic rings. The predicted molar refractivity (Wildman–Crippen MR) is 59.7 cm³/mol. The van der Waals surface area contributed by atoms with Gasteiger partial charge in [0.2, 0.25) is 0 Å². The molecule has 0 saturated heterocycles. The van der Waals surface area contributed by atoms with Gasteiger partial charge in [-0.15, -0.1) is 0 Å². The number of hydrogen-bond donors (Lipinski definition) is 3. The molecule has 0 spiro atoms. The minimum Gasteiger partial charge on any atom is -0.331 e. The van der Waals surface area contributed by atoms with Crippen molar-refractivity contribution >= 4 is 23.0 Å². The van der Waals surface area contributed by atoms with E-state index in [0.29, 0.717) is 0 Å². The van der Waals surface area contributed by atoms with Gasteiger partial charge in [-0.3, -0.25) is 0 Å². The first kappa shape index (κ1) is 12.7. The van der Waals surface area contributed by atoms with Crippen LogP contribution in [0.25, 0.3) is 0 Å². The number of alkyl halides is 3. The molecule has 0 heterocycles. The molecule has 0 atom stereocenters. The number of anilines is 1. The smallest absolute Gasteiger partial charge is 0.331 e. The minimum absolute atomic E-state index is 0.0578. The molecule has 0 radical (unpaired) electrons. The van der Waals surface area contributed by atoms with Crippen LogP contribution in [0.15, 0.2) is 18.2 Å². The summed E-state index contributed by atoms with van der Waals surface area (Å²) in [5.41, 5.74) is 1.79. The zero-order chi connectivity index (χ0) is 12.3. The Morgan fingerprint density at radius 1 is 1.38 bits per heavy atom. The van der Waals surface area contributed by atoms with Crippen LogP contribution in [0.4, 0.5) is 18.9 Å². The molecule has 3 nitrogen and oxygen atoms in total. The quantitative estimate of drug-likeness (QED) is 0.405. The maximum absolute atomic E-state index is 12.5. The van der Waals surface area contributed by atoms with E-state index in [4.69, 9.17) is 18.1 Å². The summed E-state index contributed by atoms with van der Waals surface area (Å²) in [4.78, 5) is 0. The number of hydrogen-bond acceptors (Lipinski definition) is 2. The van der Waals surface area contributed by atoms with E-state index in [1.807, 2.05) is 0 Å². The first-order valence-electron chi connectivity index (χ1n) is 4.30. The van der Waals surface area contributed by atoms with Crippen molar-refractivity contribution in [1.29, 1.82) is 0 Å². The van der Waals surface area contributed by atoms with E-state index < -0.39 is 11.7 Å². The Labute approximate surface area is 95.8 Å². The highest BCUT2D eigenvalue weighted by atomic mass is 32.1. The Balaban J connectivity index is 3.09. The van der Waals surface area contributed by atoms with Crippen LogP contribution >= 0.6 is 12.2 Å². The normalized spacial score (nSPS) is 11.1. The van der Waals surface area contributed by atoms with Gasteiger partial charge in [0.25, 0.3) is 0 Å². The van der Waals surface area contributed by atoms with E-state index in [1.54, 1.807) is 0 Å². The van der Waals surface area contributed by atoms with Crippen LogP contribution in [0.5, 0.6) is 0 Å². The fourth-order valence-electron chi connectivity index (χ4n) is 1.24. The van der Waals surface area contributed by atoms with Crippen LogP contribution in [-0.2, 0) is 6.18 Å². The highest BCUT2D eigenvalue weighted by molar-refractivity contribution is 7.80. The van der Waals surface area contributed by atoms with E-state index in [1.165, 1.54) is 19.1 Å². The summed E-state index contributed by atoms with van der Waals surface area (Å²) in [6.45, 7) is 1.37. The Bertz CT molecular complexity index is 403. The fourth-order valence-corrected chi connectivity index (χ4v) is 1.35. The minimum atomic E-state index is -4.38. The van der Waals surface area contributed by atoms with Crippen LogP contribution in [0.2, 0.25) is 0 Å². The summed E-state index contributed by atoms with van der Waals surface area (Å²) < 4.78 is 37.6. The number of benzene rings is 1. The van der Waals surface area contributed by atoms with Crippen LogP contribution < -0.4 is 16.6 Å². The maximum atomic E-state index is 12.5. The lowest BCUT2D eigenvalue weighted by Crippen LogP contribution is -2.34. The van der Waals surface area contributed by atoms with Gasteiger partial charge in [0.15, 0.2) is 5.11 Å². The molecule has 0 unspecified atom stereocenters. The average molecular weight is 249 g/mol. The average Bonchev–Trinajstić information content (AvgIpc) is 2.19. The largest absolute Gasteiger partial charge is 0.416 e. The molecule has 4 N–H and O–H groups in total. The monoisotopic (exact) mass is 249 g/mol. The van der Waals surface area contributed by atoms with E-state index in [9.17, 15) is 13.2 Å². The summed E-state index contributed by atoms with van der Waals surface area (Å²) in [7, 11) is 0. The lowest BCUT2D eigenvalue weighted by Gasteiger charge is -2.15. The summed E-state index contributed by atoms with van der Waals surface area (Å²) in [5, 5.41) is 2.63. The van der Waals surface area contributed by atoms with Crippen molar-refractivity contribution in [3.63, 3.8) is 0 Å². The van der Waals surface area contributed by atoms with Crippen LogP contribution in [0.3, 0.4) is 0 Å². The summed E-state index contributed by atoms with van der Waals surface area (Å²) in [5.74, 6) is 5.02. The fraction of sp³-hybridized carbons (Fsp3) is 0.222. The van der Waals surface area contributed by atoms with E-state index in [-0.39, 0.29) is 16.4 Å². The van der Waals surface area contributed by atoms with Crippen molar-refractivity contribution in [2.24, 2.45) is 5.84 Å². The first-order valence-corrected chi connectivity index (χ1v) is 4.71. The van der Waals surface area contributed by atoms with Crippen molar-refractivity contribution < 1.29 is 13.2 Å². The zero-order valence-electron chi connectivity index (χ0n) is 8.35. The zero-order valence-corrected chi connectivity index (χ0v) is 9.17. The van der Waals surface area contributed by atoms with Gasteiger partial charge >= 0.3 is 6.18 Å². The molecule has 0 aliphatic heterocycles. The van der Waals surface area contributed by atoms with Gasteiger partial charge < -0.3 is 10.7 Å². The molecule has 1 aromatic rings. The van der Waals surface area contributed by atoms with Crippen LogP contribution in [0.1, 0.15) is 11.1 Å².